The van der Waals surface area contributed by atoms with Crippen LogP contribution in [0.5, 0.6) is 5.75 Å². The number of pyridine rings is 1. The van der Waals surface area contributed by atoms with E-state index in [9.17, 15) is 9.90 Å². The molecular formula is C44H48Cl2N6O3. The number of nitrogens with one attached hydrogen (secondary N) is 2. The number of nitrogens with zero attached hydrogens (tertiary/aromatic N) is 4. The molecule has 3 aromatic carbocycles. The Bertz CT molecular complexity index is 2390. The first-order chi connectivity index (χ1) is 26.4. The van der Waals surface area contributed by atoms with Crippen LogP contribution in [0.2, 0.25) is 10.0 Å². The number of halogens is 2. The van der Waals surface area contributed by atoms with Crippen molar-refractivity contribution in [3.63, 3.8) is 0 Å². The van der Waals surface area contributed by atoms with E-state index in [-0.39, 0.29) is 5.56 Å². The lowest BCUT2D eigenvalue weighted by Crippen LogP contribution is -2.19. The number of carbonyl (C=O) groups is 1. The Balaban J connectivity index is 1.52. The van der Waals surface area contributed by atoms with Crippen molar-refractivity contribution in [2.45, 2.75) is 54.0 Å². The molecule has 0 amide bonds. The fraction of sp³-hybridized carbons (Fsp3) is 0.295. The molecule has 55 heavy (non-hydrogen) atoms. The molecular weight excluding hydrogens is 731 g/mol. The summed E-state index contributed by atoms with van der Waals surface area (Å²) in [6.45, 7) is 12.3. The molecule has 3 heterocycles. The molecule has 11 heteroatoms. The predicted octanol–water partition coefficient (Wildman–Crippen LogP) is 10.1. The minimum Gasteiger partial charge on any atom is -0.494 e. The highest BCUT2D eigenvalue weighted by Crippen LogP contribution is 2.44. The molecule has 6 rings (SSSR count). The minimum atomic E-state index is -0.979. The number of hydrogen-bond acceptors (Lipinski definition) is 6. The van der Waals surface area contributed by atoms with E-state index in [1.807, 2.05) is 106 Å². The SMILES string of the molecule is CNCCNc1c(/C(=C/c2cccc3c(C(=O)O)cn(Cc4cccc(C)n4)c23)CCCOc2cc(C)c(Cl)c(C)c2)ccc(Cl)c1-c1c(C)nn(C)c1C. The topological polar surface area (TPSA) is 106 Å². The molecule has 0 aliphatic carbocycles. The molecule has 0 unspecified atom stereocenters. The number of carboxylic acids is 1. The van der Waals surface area contributed by atoms with E-state index in [0.717, 1.165) is 90.3 Å². The first-order valence-corrected chi connectivity index (χ1v) is 19.2. The second kappa shape index (κ2) is 17.1. The van der Waals surface area contributed by atoms with Crippen molar-refractivity contribution < 1.29 is 14.6 Å². The maximum absolute atomic E-state index is 12.6. The summed E-state index contributed by atoms with van der Waals surface area (Å²) in [7, 11) is 3.87. The van der Waals surface area contributed by atoms with Crippen LogP contribution >= 0.6 is 23.2 Å². The quantitative estimate of drug-likeness (QED) is 0.0704. The van der Waals surface area contributed by atoms with Crippen LogP contribution in [0, 0.1) is 34.6 Å². The standard InChI is InChI=1S/C44H48Cl2N6O3/c1-26-21-34(22-27(2)41(26)46)55-20-10-13-31(35-16-17-38(45)40(42(35)48-19-18-47-6)39-29(4)50-51(7)30(39)5)23-32-12-9-15-36-37(44(53)54)25-52(43(32)36)24-33-14-8-11-28(3)49-33/h8-9,11-12,14-17,21-23,25,47-48H,10,13,18-20,24H2,1-7H3,(H,53,54)/b31-23+. The normalized spacial score (nSPS) is 11.8. The fourth-order valence-corrected chi connectivity index (χ4v) is 7.66. The van der Waals surface area contributed by atoms with Crippen LogP contribution in [0.25, 0.3) is 33.7 Å². The Hall–Kier alpha value is -5.09. The molecule has 0 aliphatic rings. The number of aromatic carboxylic acids is 1. The second-order valence-electron chi connectivity index (χ2n) is 14.0. The smallest absolute Gasteiger partial charge is 0.337 e. The number of rotatable bonds is 15. The van der Waals surface area contributed by atoms with Gasteiger partial charge in [-0.25, -0.2) is 4.79 Å². The molecule has 0 bridgehead atoms. The largest absolute Gasteiger partial charge is 0.494 e. The highest BCUT2D eigenvalue weighted by molar-refractivity contribution is 6.34. The summed E-state index contributed by atoms with van der Waals surface area (Å²) in [5.74, 6) is -0.197. The molecule has 0 atom stereocenters. The van der Waals surface area contributed by atoms with E-state index >= 15 is 0 Å². The predicted molar refractivity (Wildman–Crippen MR) is 226 cm³/mol. The maximum Gasteiger partial charge on any atom is 0.337 e. The third kappa shape index (κ3) is 8.59. The van der Waals surface area contributed by atoms with E-state index < -0.39 is 5.97 Å². The number of aromatic nitrogens is 4. The average Bonchev–Trinajstić information content (AvgIpc) is 3.64. The van der Waals surface area contributed by atoms with Crippen molar-refractivity contribution in [2.24, 2.45) is 7.05 Å². The van der Waals surface area contributed by atoms with Gasteiger partial charge in [0.25, 0.3) is 0 Å². The van der Waals surface area contributed by atoms with Gasteiger partial charge in [0.05, 0.1) is 46.3 Å². The van der Waals surface area contributed by atoms with Crippen LogP contribution in [0.1, 0.15) is 68.2 Å². The minimum absolute atomic E-state index is 0.243. The molecule has 6 aromatic rings. The van der Waals surface area contributed by atoms with Gasteiger partial charge in [-0.3, -0.25) is 9.67 Å². The Labute approximate surface area is 333 Å². The van der Waals surface area contributed by atoms with Crippen LogP contribution in [0.4, 0.5) is 5.69 Å². The van der Waals surface area contributed by atoms with Crippen LogP contribution in [-0.4, -0.2) is 57.2 Å². The highest BCUT2D eigenvalue weighted by Gasteiger charge is 2.23. The monoisotopic (exact) mass is 778 g/mol. The van der Waals surface area contributed by atoms with Crippen molar-refractivity contribution in [2.75, 3.05) is 32.1 Å². The van der Waals surface area contributed by atoms with E-state index in [1.54, 1.807) is 6.20 Å². The highest BCUT2D eigenvalue weighted by atomic mass is 35.5. The summed E-state index contributed by atoms with van der Waals surface area (Å²) in [5.41, 5.74) is 12.4. The summed E-state index contributed by atoms with van der Waals surface area (Å²) < 4.78 is 10.2. The third-order valence-electron chi connectivity index (χ3n) is 9.97. The number of aryl methyl sites for hydroxylation is 5. The first-order valence-electron chi connectivity index (χ1n) is 18.5. The molecule has 9 nitrogen and oxygen atoms in total. The number of fused-ring (bicyclic) bond motifs is 1. The number of para-hydroxylation sites is 1. The number of hydrogen-bond donors (Lipinski definition) is 3. The Morgan fingerprint density at radius 3 is 2.36 bits per heavy atom. The van der Waals surface area contributed by atoms with Gasteiger partial charge in [0.2, 0.25) is 0 Å². The Kier molecular flexibility index (Phi) is 12.3. The zero-order chi connectivity index (χ0) is 39.4. The molecule has 3 N–H and O–H groups in total. The van der Waals surface area contributed by atoms with Gasteiger partial charge in [-0.15, -0.1) is 0 Å². The van der Waals surface area contributed by atoms with Crippen molar-refractivity contribution in [1.82, 2.24) is 24.6 Å². The first kappa shape index (κ1) is 39.6. The van der Waals surface area contributed by atoms with Gasteiger partial charge in [0.1, 0.15) is 5.75 Å². The zero-order valence-corrected chi connectivity index (χ0v) is 34.0. The molecule has 3 aromatic heterocycles. The van der Waals surface area contributed by atoms with Gasteiger partial charge in [-0.1, -0.05) is 53.5 Å². The molecule has 0 saturated carbocycles. The Morgan fingerprint density at radius 1 is 0.945 bits per heavy atom. The van der Waals surface area contributed by atoms with Crippen LogP contribution in [0.15, 0.2) is 66.9 Å². The second-order valence-corrected chi connectivity index (χ2v) is 14.8. The molecule has 0 aliphatic heterocycles. The number of anilines is 1. The van der Waals surface area contributed by atoms with Gasteiger partial charge in [-0.2, -0.15) is 5.10 Å². The van der Waals surface area contributed by atoms with Gasteiger partial charge >= 0.3 is 5.97 Å². The molecule has 0 fully saturated rings. The Morgan fingerprint density at radius 2 is 1.69 bits per heavy atom. The van der Waals surface area contributed by atoms with E-state index in [2.05, 4.69) is 29.7 Å². The number of likely N-dealkylation sites (N-methyl/N-ethyl adjacent to an activating group) is 1. The summed E-state index contributed by atoms with van der Waals surface area (Å²) >= 11 is 13.6. The van der Waals surface area contributed by atoms with Crippen molar-refractivity contribution in [3.05, 3.63) is 127 Å². The summed E-state index contributed by atoms with van der Waals surface area (Å²) in [6.07, 6.45) is 5.26. The number of ether oxygens (including phenoxy) is 1. The lowest BCUT2D eigenvalue weighted by atomic mass is 9.91. The molecule has 0 radical (unpaired) electrons. The lowest BCUT2D eigenvalue weighted by molar-refractivity contribution is 0.0698. The summed E-state index contributed by atoms with van der Waals surface area (Å²) in [5, 5.41) is 24.0. The average molecular weight is 780 g/mol. The lowest BCUT2D eigenvalue weighted by Gasteiger charge is -2.21. The van der Waals surface area contributed by atoms with Crippen molar-refractivity contribution in [3.8, 4) is 16.9 Å². The van der Waals surface area contributed by atoms with E-state index in [4.69, 9.17) is 38.0 Å². The fourth-order valence-electron chi connectivity index (χ4n) is 7.30. The van der Waals surface area contributed by atoms with Gasteiger partial charge in [0.15, 0.2) is 0 Å². The van der Waals surface area contributed by atoms with Crippen LogP contribution in [0.3, 0.4) is 0 Å². The van der Waals surface area contributed by atoms with Crippen LogP contribution in [-0.2, 0) is 13.6 Å². The number of benzene rings is 3. The zero-order valence-electron chi connectivity index (χ0n) is 32.5. The van der Waals surface area contributed by atoms with Crippen molar-refractivity contribution in [1.29, 1.82) is 0 Å². The third-order valence-corrected chi connectivity index (χ3v) is 10.9. The van der Waals surface area contributed by atoms with Crippen LogP contribution < -0.4 is 15.4 Å². The maximum atomic E-state index is 12.6. The van der Waals surface area contributed by atoms with Gasteiger partial charge in [-0.05, 0) is 113 Å². The summed E-state index contributed by atoms with van der Waals surface area (Å²) in [4.78, 5) is 17.3. The molecule has 286 valence electrons. The summed E-state index contributed by atoms with van der Waals surface area (Å²) in [6, 6.07) is 19.7. The van der Waals surface area contributed by atoms with E-state index in [0.29, 0.717) is 42.9 Å². The van der Waals surface area contributed by atoms with E-state index in [1.165, 1.54) is 0 Å². The van der Waals surface area contributed by atoms with Crippen molar-refractivity contribution >= 4 is 57.4 Å². The van der Waals surface area contributed by atoms with Gasteiger partial charge < -0.3 is 25.0 Å². The molecule has 0 saturated heterocycles. The van der Waals surface area contributed by atoms with Gasteiger partial charge in [0, 0.05) is 64.8 Å². The number of carboxylic acid groups (broad SMARTS) is 1. The number of allylic oxidation sites excluding steroid dienone is 1. The molecule has 0 spiro atoms.